The zero-order valence-electron chi connectivity index (χ0n) is 11.5. The van der Waals surface area contributed by atoms with Gasteiger partial charge in [-0.25, -0.2) is 4.79 Å². The van der Waals surface area contributed by atoms with E-state index in [9.17, 15) is 4.79 Å². The van der Waals surface area contributed by atoms with Gasteiger partial charge in [0.25, 0.3) is 0 Å². The number of carbonyl (C=O) groups excluding carboxylic acids is 1. The second-order valence-electron chi connectivity index (χ2n) is 5.87. The molecule has 2 fully saturated rings. The molecule has 1 N–H and O–H groups in total. The molecule has 2 aliphatic heterocycles. The Morgan fingerprint density at radius 1 is 1.21 bits per heavy atom. The van der Waals surface area contributed by atoms with Crippen molar-refractivity contribution in [2.75, 3.05) is 7.05 Å². The molecule has 1 aromatic rings. The van der Waals surface area contributed by atoms with Gasteiger partial charge >= 0.3 is 6.03 Å². The lowest BCUT2D eigenvalue weighted by Crippen LogP contribution is -2.50. The highest BCUT2D eigenvalue weighted by Gasteiger charge is 2.42. The summed E-state index contributed by atoms with van der Waals surface area (Å²) in [4.78, 5) is 14.0. The Morgan fingerprint density at radius 2 is 1.84 bits per heavy atom. The number of piperidine rings is 1. The maximum absolute atomic E-state index is 11.9. The molecule has 3 heteroatoms. The summed E-state index contributed by atoms with van der Waals surface area (Å²) in [6, 6.07) is 11.8. The van der Waals surface area contributed by atoms with Gasteiger partial charge in [-0.2, -0.15) is 0 Å². The standard InChI is InChI=1S/C16H22N2O/c1-17-16(19)18-14-7-8-15(18)11-13(10-14)9-12-5-3-2-4-6-12/h2-6,13-15H,7-11H2,1H3,(H,17,19)/t13?,14-,15+. The van der Waals surface area contributed by atoms with Crippen molar-refractivity contribution in [2.45, 2.75) is 44.2 Å². The van der Waals surface area contributed by atoms with E-state index in [4.69, 9.17) is 0 Å². The SMILES string of the molecule is CNC(=O)N1[C@@H]2CC[C@H]1CC(Cc1ccccc1)C2. The average molecular weight is 258 g/mol. The van der Waals surface area contributed by atoms with Crippen LogP contribution in [0.1, 0.15) is 31.2 Å². The number of nitrogens with zero attached hydrogens (tertiary/aromatic N) is 1. The minimum atomic E-state index is 0.116. The molecule has 102 valence electrons. The van der Waals surface area contributed by atoms with Crippen molar-refractivity contribution in [2.24, 2.45) is 5.92 Å². The van der Waals surface area contributed by atoms with Gasteiger partial charge in [-0.05, 0) is 43.6 Å². The van der Waals surface area contributed by atoms with Crippen LogP contribution in [0.4, 0.5) is 4.79 Å². The first-order valence-corrected chi connectivity index (χ1v) is 7.32. The first-order chi connectivity index (χ1) is 9.28. The monoisotopic (exact) mass is 258 g/mol. The fourth-order valence-electron chi connectivity index (χ4n) is 3.86. The number of rotatable bonds is 2. The van der Waals surface area contributed by atoms with Gasteiger partial charge in [0.05, 0.1) is 0 Å². The first-order valence-electron chi connectivity index (χ1n) is 7.32. The molecule has 2 aliphatic rings. The summed E-state index contributed by atoms with van der Waals surface area (Å²) in [6.45, 7) is 0. The third-order valence-corrected chi connectivity index (χ3v) is 4.65. The quantitative estimate of drug-likeness (QED) is 0.869. The molecule has 1 unspecified atom stereocenters. The van der Waals surface area contributed by atoms with Crippen molar-refractivity contribution < 1.29 is 4.79 Å². The lowest BCUT2D eigenvalue weighted by Gasteiger charge is -2.38. The van der Waals surface area contributed by atoms with E-state index in [-0.39, 0.29) is 6.03 Å². The molecule has 0 spiro atoms. The van der Waals surface area contributed by atoms with Gasteiger partial charge in [-0.15, -0.1) is 0 Å². The molecule has 0 saturated carbocycles. The van der Waals surface area contributed by atoms with Crippen LogP contribution in [-0.2, 0) is 6.42 Å². The zero-order chi connectivity index (χ0) is 13.2. The molecule has 1 aromatic carbocycles. The Morgan fingerprint density at radius 3 is 2.42 bits per heavy atom. The van der Waals surface area contributed by atoms with Crippen LogP contribution in [0.2, 0.25) is 0 Å². The lowest BCUT2D eigenvalue weighted by molar-refractivity contribution is 0.123. The number of hydrogen-bond acceptors (Lipinski definition) is 1. The van der Waals surface area contributed by atoms with Crippen LogP contribution in [0.5, 0.6) is 0 Å². The van der Waals surface area contributed by atoms with Gasteiger partial charge in [0.2, 0.25) is 0 Å². The molecule has 2 heterocycles. The Kier molecular flexibility index (Phi) is 3.45. The number of benzene rings is 1. The van der Waals surface area contributed by atoms with Crippen LogP contribution in [0.3, 0.4) is 0 Å². The number of nitrogens with one attached hydrogen (secondary N) is 1. The van der Waals surface area contributed by atoms with Crippen molar-refractivity contribution in [3.63, 3.8) is 0 Å². The van der Waals surface area contributed by atoms with E-state index in [1.54, 1.807) is 7.05 Å². The maximum atomic E-state index is 11.9. The van der Waals surface area contributed by atoms with Crippen LogP contribution >= 0.6 is 0 Å². The molecule has 2 saturated heterocycles. The predicted molar refractivity (Wildman–Crippen MR) is 76.0 cm³/mol. The lowest BCUT2D eigenvalue weighted by atomic mass is 9.86. The third-order valence-electron chi connectivity index (χ3n) is 4.65. The minimum absolute atomic E-state index is 0.116. The third kappa shape index (κ3) is 2.46. The summed E-state index contributed by atoms with van der Waals surface area (Å²) >= 11 is 0. The van der Waals surface area contributed by atoms with Gasteiger partial charge in [-0.3, -0.25) is 0 Å². The van der Waals surface area contributed by atoms with Crippen molar-refractivity contribution in [3.05, 3.63) is 35.9 Å². The highest BCUT2D eigenvalue weighted by molar-refractivity contribution is 5.75. The van der Waals surface area contributed by atoms with E-state index in [0.717, 1.165) is 12.3 Å². The molecule has 0 radical (unpaired) electrons. The van der Waals surface area contributed by atoms with E-state index in [1.807, 2.05) is 0 Å². The van der Waals surface area contributed by atoms with E-state index in [1.165, 1.54) is 31.2 Å². The van der Waals surface area contributed by atoms with Crippen LogP contribution in [0.25, 0.3) is 0 Å². The number of urea groups is 1. The number of amides is 2. The highest BCUT2D eigenvalue weighted by Crippen LogP contribution is 2.39. The predicted octanol–water partition coefficient (Wildman–Crippen LogP) is 2.81. The van der Waals surface area contributed by atoms with E-state index in [0.29, 0.717) is 12.1 Å². The molecular formula is C16H22N2O. The molecule has 2 amide bonds. The Balaban J connectivity index is 1.66. The summed E-state index contributed by atoms with van der Waals surface area (Å²) in [5.41, 5.74) is 1.43. The largest absolute Gasteiger partial charge is 0.341 e. The number of hydrogen-bond donors (Lipinski definition) is 1. The van der Waals surface area contributed by atoms with Crippen LogP contribution in [0, 0.1) is 5.92 Å². The summed E-state index contributed by atoms with van der Waals surface area (Å²) in [6.07, 6.45) is 5.86. The van der Waals surface area contributed by atoms with Gasteiger partial charge in [0, 0.05) is 19.1 Å². The summed E-state index contributed by atoms with van der Waals surface area (Å²) in [5.74, 6) is 0.737. The summed E-state index contributed by atoms with van der Waals surface area (Å²) in [7, 11) is 1.73. The van der Waals surface area contributed by atoms with Gasteiger partial charge < -0.3 is 10.2 Å². The van der Waals surface area contributed by atoms with Crippen molar-refractivity contribution in [1.82, 2.24) is 10.2 Å². The average Bonchev–Trinajstić information content (AvgIpc) is 2.71. The molecule has 3 rings (SSSR count). The smallest absolute Gasteiger partial charge is 0.317 e. The summed E-state index contributed by atoms with van der Waals surface area (Å²) < 4.78 is 0. The molecule has 3 nitrogen and oxygen atoms in total. The van der Waals surface area contributed by atoms with Crippen LogP contribution in [-0.4, -0.2) is 30.1 Å². The molecule has 2 bridgehead atoms. The minimum Gasteiger partial charge on any atom is -0.341 e. The van der Waals surface area contributed by atoms with Crippen LogP contribution < -0.4 is 5.32 Å². The second-order valence-corrected chi connectivity index (χ2v) is 5.87. The van der Waals surface area contributed by atoms with E-state index in [2.05, 4.69) is 40.5 Å². The Hall–Kier alpha value is -1.51. The Labute approximate surface area is 115 Å². The molecule has 0 aliphatic carbocycles. The molecule has 0 aromatic heterocycles. The molecule has 3 atom stereocenters. The summed E-state index contributed by atoms with van der Waals surface area (Å²) in [5, 5.41) is 2.79. The number of carbonyl (C=O) groups is 1. The van der Waals surface area contributed by atoms with Crippen molar-refractivity contribution in [1.29, 1.82) is 0 Å². The number of fused-ring (bicyclic) bond motifs is 2. The maximum Gasteiger partial charge on any atom is 0.317 e. The highest BCUT2D eigenvalue weighted by atomic mass is 16.2. The second kappa shape index (κ2) is 5.24. The first kappa shape index (κ1) is 12.5. The zero-order valence-corrected chi connectivity index (χ0v) is 11.5. The van der Waals surface area contributed by atoms with E-state index < -0.39 is 0 Å². The van der Waals surface area contributed by atoms with Crippen LogP contribution in [0.15, 0.2) is 30.3 Å². The molecular weight excluding hydrogens is 236 g/mol. The van der Waals surface area contributed by atoms with Crippen molar-refractivity contribution >= 4 is 6.03 Å². The van der Waals surface area contributed by atoms with Gasteiger partial charge in [0.1, 0.15) is 0 Å². The normalized spacial score (nSPS) is 29.3. The fourth-order valence-corrected chi connectivity index (χ4v) is 3.86. The van der Waals surface area contributed by atoms with Gasteiger partial charge in [-0.1, -0.05) is 30.3 Å². The Bertz CT molecular complexity index is 431. The molecule has 19 heavy (non-hydrogen) atoms. The van der Waals surface area contributed by atoms with Crippen molar-refractivity contribution in [3.8, 4) is 0 Å². The van der Waals surface area contributed by atoms with Gasteiger partial charge in [0.15, 0.2) is 0 Å². The van der Waals surface area contributed by atoms with E-state index >= 15 is 0 Å². The topological polar surface area (TPSA) is 32.3 Å². The fraction of sp³-hybridized carbons (Fsp3) is 0.562.